The van der Waals surface area contributed by atoms with Crippen LogP contribution in [-0.2, 0) is 4.79 Å². The third kappa shape index (κ3) is 4.58. The summed E-state index contributed by atoms with van der Waals surface area (Å²) in [4.78, 5) is 23.7. The van der Waals surface area contributed by atoms with E-state index >= 15 is 0 Å². The van der Waals surface area contributed by atoms with Gasteiger partial charge in [0.1, 0.15) is 17.2 Å². The molecule has 0 unspecified atom stereocenters. The number of carbonyl (C=O) groups is 1. The third-order valence-electron chi connectivity index (χ3n) is 5.51. The number of aryl methyl sites for hydroxylation is 2. The van der Waals surface area contributed by atoms with Crippen LogP contribution in [0.5, 0.6) is 11.5 Å². The second-order valence-electron chi connectivity index (χ2n) is 7.77. The molecule has 0 fully saturated rings. The topological polar surface area (TPSA) is 101 Å². The molecule has 9 nitrogen and oxygen atoms in total. The van der Waals surface area contributed by atoms with Crippen LogP contribution >= 0.6 is 22.7 Å². The summed E-state index contributed by atoms with van der Waals surface area (Å²) in [6.07, 6.45) is 0. The zero-order valence-corrected chi connectivity index (χ0v) is 21.6. The third-order valence-corrected chi connectivity index (χ3v) is 7.31. The standard InChI is InChI=1S/C25H22N6O3S2/c1-14-15(2)36-24(26-14)29-28-22-21(17-6-5-7-19(12-17)34-4)30-31(23(22)32)25-27-20(13-35-25)16-8-10-18(33-3)11-9-16/h5-13H,1-4H3,(H,26,29). The first-order chi connectivity index (χ1) is 17.5. The number of hydrogen-bond acceptors (Lipinski definition) is 10. The van der Waals surface area contributed by atoms with Crippen molar-refractivity contribution in [1.29, 1.82) is 0 Å². The van der Waals surface area contributed by atoms with E-state index in [2.05, 4.69) is 25.6 Å². The van der Waals surface area contributed by atoms with Crippen LogP contribution in [0.25, 0.3) is 11.3 Å². The predicted molar refractivity (Wildman–Crippen MR) is 144 cm³/mol. The lowest BCUT2D eigenvalue weighted by atomic mass is 10.1. The normalized spacial score (nSPS) is 14.3. The van der Waals surface area contributed by atoms with Crippen LogP contribution < -0.4 is 19.9 Å². The van der Waals surface area contributed by atoms with Crippen molar-refractivity contribution >= 4 is 50.3 Å². The number of rotatable bonds is 7. The fourth-order valence-corrected chi connectivity index (χ4v) is 5.01. The van der Waals surface area contributed by atoms with E-state index in [9.17, 15) is 4.79 Å². The van der Waals surface area contributed by atoms with E-state index in [0.29, 0.717) is 27.3 Å². The van der Waals surface area contributed by atoms with Gasteiger partial charge in [-0.2, -0.15) is 15.2 Å². The van der Waals surface area contributed by atoms with E-state index in [-0.39, 0.29) is 11.6 Å². The zero-order chi connectivity index (χ0) is 25.2. The van der Waals surface area contributed by atoms with Gasteiger partial charge >= 0.3 is 5.91 Å². The molecular weight excluding hydrogens is 496 g/mol. The van der Waals surface area contributed by atoms with Crippen molar-refractivity contribution in [3.63, 3.8) is 0 Å². The van der Waals surface area contributed by atoms with Crippen molar-refractivity contribution in [2.75, 3.05) is 24.7 Å². The van der Waals surface area contributed by atoms with Crippen molar-refractivity contribution in [3.8, 4) is 22.8 Å². The largest absolute Gasteiger partial charge is 0.497 e. The fraction of sp³-hybridized carbons (Fsp3) is 0.160. The van der Waals surface area contributed by atoms with Gasteiger partial charge in [-0.25, -0.2) is 9.97 Å². The summed E-state index contributed by atoms with van der Waals surface area (Å²) in [5.41, 5.74) is 6.76. The summed E-state index contributed by atoms with van der Waals surface area (Å²) >= 11 is 2.80. The molecule has 0 spiro atoms. The van der Waals surface area contributed by atoms with Gasteiger partial charge in [-0.1, -0.05) is 12.1 Å². The number of benzene rings is 2. The van der Waals surface area contributed by atoms with Crippen LogP contribution in [0.3, 0.4) is 0 Å². The molecular formula is C25H22N6O3S2. The number of thiazole rings is 2. The summed E-state index contributed by atoms with van der Waals surface area (Å²) in [5, 5.41) is 13.3. The number of amides is 1. The summed E-state index contributed by atoms with van der Waals surface area (Å²) in [6, 6.07) is 14.9. The quantitative estimate of drug-likeness (QED) is 0.341. The van der Waals surface area contributed by atoms with Gasteiger partial charge in [0, 0.05) is 21.4 Å². The van der Waals surface area contributed by atoms with Crippen molar-refractivity contribution < 1.29 is 14.3 Å². The smallest absolute Gasteiger partial charge is 0.303 e. The molecule has 5 rings (SSSR count). The van der Waals surface area contributed by atoms with Gasteiger partial charge in [-0.15, -0.1) is 22.7 Å². The summed E-state index contributed by atoms with van der Waals surface area (Å²) in [7, 11) is 3.21. The number of methoxy groups -OCH3 is 2. The molecule has 3 heterocycles. The number of aromatic nitrogens is 2. The van der Waals surface area contributed by atoms with Crippen LogP contribution in [0.15, 0.2) is 64.1 Å². The first kappa shape index (κ1) is 23.6. The van der Waals surface area contributed by atoms with Crippen molar-refractivity contribution in [2.24, 2.45) is 10.2 Å². The second-order valence-corrected chi connectivity index (χ2v) is 9.81. The highest BCUT2D eigenvalue weighted by Crippen LogP contribution is 2.31. The highest BCUT2D eigenvalue weighted by Gasteiger charge is 2.36. The lowest BCUT2D eigenvalue weighted by Gasteiger charge is -2.06. The molecule has 1 aliphatic heterocycles. The van der Waals surface area contributed by atoms with Crippen molar-refractivity contribution in [2.45, 2.75) is 13.8 Å². The molecule has 4 aromatic rings. The minimum atomic E-state index is -0.388. The Morgan fingerprint density at radius 1 is 0.972 bits per heavy atom. The highest BCUT2D eigenvalue weighted by atomic mass is 32.1. The molecule has 0 saturated carbocycles. The highest BCUT2D eigenvalue weighted by molar-refractivity contribution is 7.15. The average Bonchev–Trinajstić information content (AvgIpc) is 3.60. The van der Waals surface area contributed by atoms with Gasteiger partial charge in [0.25, 0.3) is 0 Å². The van der Waals surface area contributed by atoms with Crippen LogP contribution in [0.4, 0.5) is 10.3 Å². The Kier molecular flexibility index (Phi) is 6.49. The molecule has 0 aliphatic carbocycles. The van der Waals surface area contributed by atoms with Gasteiger partial charge in [0.2, 0.25) is 10.3 Å². The van der Waals surface area contributed by atoms with Gasteiger partial charge in [0.05, 0.1) is 25.6 Å². The molecule has 182 valence electrons. The number of anilines is 2. The van der Waals surface area contributed by atoms with E-state index < -0.39 is 0 Å². The maximum atomic E-state index is 13.5. The number of carbonyl (C=O) groups excluding carboxylic acids is 1. The van der Waals surface area contributed by atoms with Crippen molar-refractivity contribution in [1.82, 2.24) is 9.97 Å². The molecule has 1 N–H and O–H groups in total. The lowest BCUT2D eigenvalue weighted by molar-refractivity contribution is -0.112. The molecule has 0 bridgehead atoms. The number of ether oxygens (including phenoxy) is 2. The van der Waals surface area contributed by atoms with E-state index in [0.717, 1.165) is 27.6 Å². The Balaban J connectivity index is 1.50. The Morgan fingerprint density at radius 2 is 1.75 bits per heavy atom. The monoisotopic (exact) mass is 518 g/mol. The van der Waals surface area contributed by atoms with E-state index in [1.165, 1.54) is 27.7 Å². The number of nitrogens with zero attached hydrogens (tertiary/aromatic N) is 5. The molecule has 2 aromatic heterocycles. The maximum absolute atomic E-state index is 13.5. The van der Waals surface area contributed by atoms with E-state index in [1.54, 1.807) is 14.2 Å². The lowest BCUT2D eigenvalue weighted by Crippen LogP contribution is -2.28. The number of nitrogens with one attached hydrogen (secondary N) is 1. The average molecular weight is 519 g/mol. The maximum Gasteiger partial charge on any atom is 0.303 e. The molecule has 0 saturated heterocycles. The van der Waals surface area contributed by atoms with Gasteiger partial charge < -0.3 is 9.47 Å². The van der Waals surface area contributed by atoms with Gasteiger partial charge in [0.15, 0.2) is 5.71 Å². The van der Waals surface area contributed by atoms with E-state index in [1.807, 2.05) is 67.8 Å². The van der Waals surface area contributed by atoms with Gasteiger partial charge in [-0.3, -0.25) is 10.2 Å². The summed E-state index contributed by atoms with van der Waals surface area (Å²) in [6.45, 7) is 3.92. The molecule has 11 heteroatoms. The Morgan fingerprint density at radius 3 is 2.44 bits per heavy atom. The van der Waals surface area contributed by atoms with Crippen LogP contribution in [0.2, 0.25) is 0 Å². The second kappa shape index (κ2) is 9.88. The van der Waals surface area contributed by atoms with E-state index in [4.69, 9.17) is 9.47 Å². The first-order valence-corrected chi connectivity index (χ1v) is 12.6. The summed E-state index contributed by atoms with van der Waals surface area (Å²) in [5.74, 6) is 1.02. The van der Waals surface area contributed by atoms with Gasteiger partial charge in [-0.05, 0) is 50.2 Å². The summed E-state index contributed by atoms with van der Waals surface area (Å²) < 4.78 is 10.6. The van der Waals surface area contributed by atoms with Crippen LogP contribution in [0, 0.1) is 13.8 Å². The molecule has 1 amide bonds. The molecule has 36 heavy (non-hydrogen) atoms. The predicted octanol–water partition coefficient (Wildman–Crippen LogP) is 5.12. The minimum absolute atomic E-state index is 0.162. The molecule has 0 radical (unpaired) electrons. The minimum Gasteiger partial charge on any atom is -0.497 e. The number of hydrazone groups is 2. The zero-order valence-electron chi connectivity index (χ0n) is 20.0. The fourth-order valence-electron chi connectivity index (χ4n) is 3.47. The Bertz CT molecular complexity index is 1470. The number of hydrogen-bond donors (Lipinski definition) is 1. The SMILES string of the molecule is COc1ccc(-c2csc(N3N=C(c4cccc(OC)c4)C(=NNc4nc(C)c(C)s4)C3=O)n2)cc1. The first-order valence-electron chi connectivity index (χ1n) is 10.9. The van der Waals surface area contributed by atoms with Crippen LogP contribution in [0.1, 0.15) is 16.1 Å². The Hall–Kier alpha value is -4.09. The van der Waals surface area contributed by atoms with Crippen LogP contribution in [-0.4, -0.2) is 41.5 Å². The molecule has 0 atom stereocenters. The molecule has 1 aliphatic rings. The molecule has 2 aromatic carbocycles. The Labute approximate surface area is 215 Å². The van der Waals surface area contributed by atoms with Crippen molar-refractivity contribution in [3.05, 3.63) is 70.0 Å².